The SMILES string of the molecule is CCCCCC(O)CC(=O)CCc1ccc(O)c(OC[NH+]2C=C3C(C45CCCC4CC4=CNC(N)c6cccc5c64)=CN=C3C2)c1. The molecule has 8 heteroatoms. The van der Waals surface area contributed by atoms with Gasteiger partial charge in [-0.15, -0.1) is 0 Å². The topological polar surface area (TPSA) is 122 Å². The second-order valence-electron chi connectivity index (χ2n) is 13.8. The Bertz CT molecular complexity index is 1640. The molecule has 5 aliphatic rings. The molecular formula is C38H47N4O4+. The summed E-state index contributed by atoms with van der Waals surface area (Å²) in [5.41, 5.74) is 16.3. The van der Waals surface area contributed by atoms with Crippen LogP contribution in [-0.4, -0.2) is 41.1 Å². The number of aryl methyl sites for hydroxylation is 1. The van der Waals surface area contributed by atoms with Gasteiger partial charge in [0.1, 0.15) is 30.4 Å². The van der Waals surface area contributed by atoms with E-state index in [1.54, 1.807) is 6.07 Å². The number of Topliss-reactive ketones (excluding diaryl/α,β-unsaturated/α-hetero) is 1. The Morgan fingerprint density at radius 3 is 3.02 bits per heavy atom. The molecule has 7 rings (SSSR count). The van der Waals surface area contributed by atoms with E-state index in [4.69, 9.17) is 15.5 Å². The summed E-state index contributed by atoms with van der Waals surface area (Å²) in [5.74, 6) is 1.10. The molecule has 46 heavy (non-hydrogen) atoms. The van der Waals surface area contributed by atoms with Crippen molar-refractivity contribution < 1.29 is 24.6 Å². The molecule has 8 nitrogen and oxygen atoms in total. The minimum Gasteiger partial charge on any atom is -0.504 e. The Morgan fingerprint density at radius 1 is 1.26 bits per heavy atom. The average Bonchev–Trinajstić information content (AvgIpc) is 3.77. The Labute approximate surface area is 271 Å². The number of carbonyl (C=O) groups is 1. The first-order valence-corrected chi connectivity index (χ1v) is 17.2. The first-order chi connectivity index (χ1) is 22.4. The molecule has 2 aromatic rings. The van der Waals surface area contributed by atoms with Gasteiger partial charge in [0.15, 0.2) is 11.5 Å². The Hall–Kier alpha value is -3.72. The number of aromatic hydroxyl groups is 1. The van der Waals surface area contributed by atoms with E-state index < -0.39 is 6.10 Å². The van der Waals surface area contributed by atoms with Crippen molar-refractivity contribution in [3.63, 3.8) is 0 Å². The molecule has 5 unspecified atom stereocenters. The molecule has 6 N–H and O–H groups in total. The number of benzene rings is 2. The third-order valence-corrected chi connectivity index (χ3v) is 10.9. The number of nitrogens with two attached hydrogens (primary N) is 1. The number of phenols is 1. The maximum Gasteiger partial charge on any atom is 0.227 e. The largest absolute Gasteiger partial charge is 0.504 e. The van der Waals surface area contributed by atoms with E-state index in [0.29, 0.717) is 37.7 Å². The summed E-state index contributed by atoms with van der Waals surface area (Å²) >= 11 is 0. The van der Waals surface area contributed by atoms with Crippen molar-refractivity contribution in [1.82, 2.24) is 5.32 Å². The molecule has 0 radical (unpaired) electrons. The van der Waals surface area contributed by atoms with Crippen molar-refractivity contribution in [2.45, 2.75) is 95.2 Å². The zero-order valence-electron chi connectivity index (χ0n) is 26.9. The van der Waals surface area contributed by atoms with Crippen LogP contribution < -0.4 is 20.7 Å². The number of phenolic OH excluding ortho intramolecular Hbond substituents is 1. The molecule has 3 heterocycles. The molecule has 1 fully saturated rings. The van der Waals surface area contributed by atoms with Crippen molar-refractivity contribution in [2.24, 2.45) is 16.6 Å². The molecule has 0 bridgehead atoms. The second kappa shape index (κ2) is 12.8. The first kappa shape index (κ1) is 30.9. The summed E-state index contributed by atoms with van der Waals surface area (Å²) in [6.45, 7) is 3.22. The van der Waals surface area contributed by atoms with Crippen LogP contribution in [0.3, 0.4) is 0 Å². The molecule has 2 aromatic carbocycles. The van der Waals surface area contributed by atoms with E-state index in [9.17, 15) is 15.0 Å². The minimum absolute atomic E-state index is 0.0635. The monoisotopic (exact) mass is 623 g/mol. The summed E-state index contributed by atoms with van der Waals surface area (Å²) < 4.78 is 6.18. The highest BCUT2D eigenvalue weighted by Crippen LogP contribution is 2.61. The Balaban J connectivity index is 1.03. The van der Waals surface area contributed by atoms with Crippen LogP contribution in [0.5, 0.6) is 11.5 Å². The van der Waals surface area contributed by atoms with Crippen molar-refractivity contribution in [3.8, 4) is 11.5 Å². The van der Waals surface area contributed by atoms with Crippen molar-refractivity contribution in [1.29, 1.82) is 0 Å². The molecule has 0 spiro atoms. The van der Waals surface area contributed by atoms with Crippen LogP contribution in [0.2, 0.25) is 0 Å². The molecule has 242 valence electrons. The molecular weight excluding hydrogens is 576 g/mol. The lowest BCUT2D eigenvalue weighted by Gasteiger charge is -2.45. The number of hydrogen-bond donors (Lipinski definition) is 5. The summed E-state index contributed by atoms with van der Waals surface area (Å²) in [5, 5.41) is 24.1. The second-order valence-corrected chi connectivity index (χ2v) is 13.8. The predicted molar refractivity (Wildman–Crippen MR) is 179 cm³/mol. The van der Waals surface area contributed by atoms with Gasteiger partial charge in [-0.1, -0.05) is 56.9 Å². The first-order valence-electron chi connectivity index (χ1n) is 17.2. The highest BCUT2D eigenvalue weighted by atomic mass is 16.5. The Kier molecular flexibility index (Phi) is 8.61. The molecule has 3 aliphatic heterocycles. The van der Waals surface area contributed by atoms with Gasteiger partial charge in [0.2, 0.25) is 6.73 Å². The van der Waals surface area contributed by atoms with Crippen LogP contribution in [0.4, 0.5) is 0 Å². The fourth-order valence-corrected chi connectivity index (χ4v) is 8.58. The number of allylic oxidation sites excluding steroid dienone is 2. The number of quaternary nitrogens is 1. The van der Waals surface area contributed by atoms with Gasteiger partial charge >= 0.3 is 0 Å². The lowest BCUT2D eigenvalue weighted by atomic mass is 9.58. The number of aliphatic hydroxyl groups excluding tert-OH is 1. The normalized spacial score (nSPS) is 26.2. The van der Waals surface area contributed by atoms with E-state index in [1.807, 2.05) is 12.1 Å². The lowest BCUT2D eigenvalue weighted by Crippen LogP contribution is -3.07. The van der Waals surface area contributed by atoms with Crippen LogP contribution in [-0.2, 0) is 16.6 Å². The number of fused-ring (bicyclic) bond motifs is 3. The molecule has 5 atom stereocenters. The fourth-order valence-electron chi connectivity index (χ4n) is 8.58. The third-order valence-electron chi connectivity index (χ3n) is 10.9. The standard InChI is InChI=1S/C38H46N4O4/c1-2-3-4-8-27(43)18-28(44)13-11-24-12-14-34(45)35(16-24)46-23-42-21-30-32(20-40-33(30)22-42)38-15-6-7-26(38)17-25-19-41-37(39)29-9-5-10-31(38)36(25)29/h5,9-10,12,14,16,19-21,26-27,37,41,43,45H,2-4,6-8,11,13,15,17-18,22-23,39H2,1H3/p+1. The fraction of sp³-hybridized carbons (Fsp3) is 0.474. The van der Waals surface area contributed by atoms with Crippen LogP contribution >= 0.6 is 0 Å². The highest BCUT2D eigenvalue weighted by Gasteiger charge is 2.54. The van der Waals surface area contributed by atoms with E-state index in [-0.39, 0.29) is 29.5 Å². The van der Waals surface area contributed by atoms with Crippen LogP contribution in [0.1, 0.15) is 99.6 Å². The summed E-state index contributed by atoms with van der Waals surface area (Å²) in [7, 11) is 0. The third kappa shape index (κ3) is 5.61. The van der Waals surface area contributed by atoms with Gasteiger partial charge in [-0.25, -0.2) is 0 Å². The zero-order valence-corrected chi connectivity index (χ0v) is 26.9. The number of nitrogens with zero attached hydrogens (tertiary/aromatic N) is 1. The highest BCUT2D eigenvalue weighted by molar-refractivity contribution is 6.09. The van der Waals surface area contributed by atoms with Gasteiger partial charge in [0, 0.05) is 30.7 Å². The number of rotatable bonds is 13. The Morgan fingerprint density at radius 2 is 2.15 bits per heavy atom. The van der Waals surface area contributed by atoms with Gasteiger partial charge in [-0.05, 0) is 83.6 Å². The number of aliphatic hydroxyl groups is 1. The number of unbranched alkanes of at least 4 members (excludes halogenated alkanes) is 2. The van der Waals surface area contributed by atoms with E-state index in [2.05, 4.69) is 49.0 Å². The number of ether oxygens (including phenoxy) is 1. The number of carbonyl (C=O) groups excluding carboxylic acids is 1. The minimum atomic E-state index is -0.560. The van der Waals surface area contributed by atoms with Gasteiger partial charge in [-0.3, -0.25) is 14.7 Å². The van der Waals surface area contributed by atoms with Crippen molar-refractivity contribution in [3.05, 3.63) is 88.4 Å². The van der Waals surface area contributed by atoms with Crippen molar-refractivity contribution >= 4 is 17.1 Å². The van der Waals surface area contributed by atoms with E-state index >= 15 is 0 Å². The van der Waals surface area contributed by atoms with Gasteiger partial charge < -0.3 is 26.0 Å². The lowest BCUT2D eigenvalue weighted by molar-refractivity contribution is -0.851. The molecule has 1 saturated carbocycles. The average molecular weight is 624 g/mol. The van der Waals surface area contributed by atoms with Gasteiger partial charge in [-0.2, -0.15) is 0 Å². The predicted octanol–water partition coefficient (Wildman–Crippen LogP) is 4.73. The summed E-state index contributed by atoms with van der Waals surface area (Å²) in [4.78, 5) is 18.6. The number of aliphatic imine (C=N–C) groups is 1. The van der Waals surface area contributed by atoms with E-state index in [0.717, 1.165) is 54.8 Å². The maximum atomic E-state index is 12.5. The van der Waals surface area contributed by atoms with Crippen molar-refractivity contribution in [2.75, 3.05) is 13.3 Å². The van der Waals surface area contributed by atoms with E-state index in [1.165, 1.54) is 46.3 Å². The molecule has 0 saturated heterocycles. The summed E-state index contributed by atoms with van der Waals surface area (Å²) in [6, 6.07) is 12.0. The number of nitrogens with one attached hydrogen (secondary N) is 2. The zero-order chi connectivity index (χ0) is 31.8. The number of ketones is 1. The van der Waals surface area contributed by atoms with Crippen LogP contribution in [0.25, 0.3) is 5.57 Å². The quantitative estimate of drug-likeness (QED) is 0.206. The number of hydrogen-bond acceptors (Lipinski definition) is 7. The van der Waals surface area contributed by atoms with Gasteiger partial charge in [0.25, 0.3) is 0 Å². The molecule has 0 aromatic heterocycles. The van der Waals surface area contributed by atoms with Crippen LogP contribution in [0.15, 0.2) is 71.1 Å². The molecule has 0 amide bonds. The molecule has 2 aliphatic carbocycles. The van der Waals surface area contributed by atoms with Gasteiger partial charge in [0.05, 0.1) is 11.7 Å². The summed E-state index contributed by atoms with van der Waals surface area (Å²) in [6.07, 6.45) is 15.3. The van der Waals surface area contributed by atoms with Crippen LogP contribution in [0, 0.1) is 5.92 Å². The smallest absolute Gasteiger partial charge is 0.227 e. The maximum absolute atomic E-state index is 12.5.